The normalized spacial score (nSPS) is 10.5. The van der Waals surface area contributed by atoms with E-state index in [1.54, 1.807) is 7.11 Å². The van der Waals surface area contributed by atoms with Crippen LogP contribution in [0.15, 0.2) is 28.7 Å². The van der Waals surface area contributed by atoms with Crippen LogP contribution in [-0.4, -0.2) is 12.1 Å². The third-order valence-electron chi connectivity index (χ3n) is 2.08. The van der Waals surface area contributed by atoms with Gasteiger partial charge >= 0.3 is 0 Å². The molecule has 2 aromatic rings. The van der Waals surface area contributed by atoms with Crippen LogP contribution in [-0.2, 0) is 0 Å². The highest BCUT2D eigenvalue weighted by Crippen LogP contribution is 2.27. The van der Waals surface area contributed by atoms with E-state index in [4.69, 9.17) is 4.74 Å². The molecule has 2 rings (SSSR count). The first kappa shape index (κ1) is 9.46. The summed E-state index contributed by atoms with van der Waals surface area (Å²) in [5, 5.41) is 2.19. The van der Waals surface area contributed by atoms with Crippen molar-refractivity contribution in [1.82, 2.24) is 4.98 Å². The SMILES string of the molecule is COc1nc(C)cc2ccc(Br)cc12. The van der Waals surface area contributed by atoms with Gasteiger partial charge in [-0.05, 0) is 30.5 Å². The Labute approximate surface area is 91.0 Å². The molecule has 0 spiro atoms. The zero-order valence-electron chi connectivity index (χ0n) is 8.04. The fourth-order valence-electron chi connectivity index (χ4n) is 1.47. The van der Waals surface area contributed by atoms with Crippen molar-refractivity contribution in [3.63, 3.8) is 0 Å². The molecule has 0 fully saturated rings. The van der Waals surface area contributed by atoms with E-state index >= 15 is 0 Å². The summed E-state index contributed by atoms with van der Waals surface area (Å²) in [5.74, 6) is 0.682. The Morgan fingerprint density at radius 1 is 1.29 bits per heavy atom. The lowest BCUT2D eigenvalue weighted by Crippen LogP contribution is -1.91. The minimum Gasteiger partial charge on any atom is -0.481 e. The van der Waals surface area contributed by atoms with Gasteiger partial charge in [-0.25, -0.2) is 4.98 Å². The molecule has 3 heteroatoms. The largest absolute Gasteiger partial charge is 0.481 e. The van der Waals surface area contributed by atoms with Gasteiger partial charge in [-0.15, -0.1) is 0 Å². The Kier molecular flexibility index (Phi) is 2.42. The molecule has 0 aliphatic carbocycles. The van der Waals surface area contributed by atoms with Gasteiger partial charge in [0.05, 0.1) is 7.11 Å². The first-order chi connectivity index (χ1) is 6.70. The van der Waals surface area contributed by atoms with Gasteiger partial charge in [-0.1, -0.05) is 22.0 Å². The summed E-state index contributed by atoms with van der Waals surface area (Å²) in [6.07, 6.45) is 0. The Hall–Kier alpha value is -1.09. The van der Waals surface area contributed by atoms with Crippen molar-refractivity contribution in [2.75, 3.05) is 7.11 Å². The fourth-order valence-corrected chi connectivity index (χ4v) is 1.83. The van der Waals surface area contributed by atoms with Gasteiger partial charge in [-0.3, -0.25) is 0 Å². The Bertz CT molecular complexity index is 482. The third kappa shape index (κ3) is 1.60. The number of pyridine rings is 1. The van der Waals surface area contributed by atoms with Crippen LogP contribution in [0.3, 0.4) is 0 Å². The molecule has 1 heterocycles. The van der Waals surface area contributed by atoms with Crippen LogP contribution in [0.1, 0.15) is 5.69 Å². The quantitative estimate of drug-likeness (QED) is 0.776. The zero-order valence-corrected chi connectivity index (χ0v) is 9.63. The molecule has 0 unspecified atom stereocenters. The van der Waals surface area contributed by atoms with E-state index in [0.717, 1.165) is 20.9 Å². The number of hydrogen-bond acceptors (Lipinski definition) is 2. The standard InChI is InChI=1S/C11H10BrNO/c1-7-5-8-3-4-9(12)6-10(8)11(13-7)14-2/h3-6H,1-2H3. The van der Waals surface area contributed by atoms with E-state index in [-0.39, 0.29) is 0 Å². The molecular formula is C11H10BrNO. The Morgan fingerprint density at radius 2 is 2.07 bits per heavy atom. The fraction of sp³-hybridized carbons (Fsp3) is 0.182. The van der Waals surface area contributed by atoms with Crippen LogP contribution in [0.5, 0.6) is 5.88 Å². The van der Waals surface area contributed by atoms with Crippen molar-refractivity contribution < 1.29 is 4.74 Å². The van der Waals surface area contributed by atoms with E-state index in [0.29, 0.717) is 5.88 Å². The number of fused-ring (bicyclic) bond motifs is 1. The van der Waals surface area contributed by atoms with Gasteiger partial charge in [0.2, 0.25) is 5.88 Å². The maximum absolute atomic E-state index is 5.23. The first-order valence-electron chi connectivity index (χ1n) is 4.31. The van der Waals surface area contributed by atoms with Crippen LogP contribution >= 0.6 is 15.9 Å². The van der Waals surface area contributed by atoms with Crippen molar-refractivity contribution in [2.24, 2.45) is 0 Å². The van der Waals surface area contributed by atoms with Crippen molar-refractivity contribution in [3.8, 4) is 5.88 Å². The second-order valence-electron chi connectivity index (χ2n) is 3.14. The monoisotopic (exact) mass is 251 g/mol. The number of aromatic nitrogens is 1. The molecule has 0 aliphatic rings. The summed E-state index contributed by atoms with van der Waals surface area (Å²) in [6.45, 7) is 1.96. The molecule has 2 nitrogen and oxygen atoms in total. The van der Waals surface area contributed by atoms with Gasteiger partial charge in [0.25, 0.3) is 0 Å². The molecule has 0 saturated carbocycles. The number of nitrogens with zero attached hydrogens (tertiary/aromatic N) is 1. The summed E-state index contributed by atoms with van der Waals surface area (Å²) in [6, 6.07) is 8.13. The van der Waals surface area contributed by atoms with Gasteiger partial charge in [-0.2, -0.15) is 0 Å². The average molecular weight is 252 g/mol. The molecule has 72 valence electrons. The van der Waals surface area contributed by atoms with Gasteiger partial charge in [0.15, 0.2) is 0 Å². The Morgan fingerprint density at radius 3 is 2.79 bits per heavy atom. The van der Waals surface area contributed by atoms with Crippen molar-refractivity contribution in [2.45, 2.75) is 6.92 Å². The molecule has 0 amide bonds. The van der Waals surface area contributed by atoms with E-state index in [2.05, 4.69) is 27.0 Å². The van der Waals surface area contributed by atoms with Crippen LogP contribution in [0.2, 0.25) is 0 Å². The first-order valence-corrected chi connectivity index (χ1v) is 5.11. The molecule has 1 aromatic carbocycles. The van der Waals surface area contributed by atoms with Gasteiger partial charge in [0.1, 0.15) is 0 Å². The summed E-state index contributed by atoms with van der Waals surface area (Å²) in [4.78, 5) is 4.32. The number of aryl methyl sites for hydroxylation is 1. The molecular weight excluding hydrogens is 242 g/mol. The van der Waals surface area contributed by atoms with Crippen molar-refractivity contribution in [3.05, 3.63) is 34.4 Å². The topological polar surface area (TPSA) is 22.1 Å². The number of hydrogen-bond donors (Lipinski definition) is 0. The third-order valence-corrected chi connectivity index (χ3v) is 2.57. The number of methoxy groups -OCH3 is 1. The van der Waals surface area contributed by atoms with Crippen molar-refractivity contribution in [1.29, 1.82) is 0 Å². The lowest BCUT2D eigenvalue weighted by molar-refractivity contribution is 0.402. The van der Waals surface area contributed by atoms with Crippen LogP contribution in [0.25, 0.3) is 10.8 Å². The van der Waals surface area contributed by atoms with E-state index in [9.17, 15) is 0 Å². The number of benzene rings is 1. The minimum atomic E-state index is 0.682. The summed E-state index contributed by atoms with van der Waals surface area (Å²) in [7, 11) is 1.64. The zero-order chi connectivity index (χ0) is 10.1. The Balaban J connectivity index is 2.81. The molecule has 1 aromatic heterocycles. The highest BCUT2D eigenvalue weighted by Gasteiger charge is 2.04. The van der Waals surface area contributed by atoms with E-state index < -0.39 is 0 Å². The van der Waals surface area contributed by atoms with Crippen LogP contribution in [0.4, 0.5) is 0 Å². The van der Waals surface area contributed by atoms with E-state index in [1.165, 1.54) is 0 Å². The number of rotatable bonds is 1. The highest BCUT2D eigenvalue weighted by atomic mass is 79.9. The molecule has 0 bridgehead atoms. The molecule has 0 atom stereocenters. The average Bonchev–Trinajstić information content (AvgIpc) is 2.17. The molecule has 0 aliphatic heterocycles. The molecule has 14 heavy (non-hydrogen) atoms. The lowest BCUT2D eigenvalue weighted by Gasteiger charge is -2.06. The predicted octanol–water partition coefficient (Wildman–Crippen LogP) is 3.31. The summed E-state index contributed by atoms with van der Waals surface area (Å²) >= 11 is 3.43. The van der Waals surface area contributed by atoms with Crippen LogP contribution in [0, 0.1) is 6.92 Å². The second-order valence-corrected chi connectivity index (χ2v) is 4.05. The highest BCUT2D eigenvalue weighted by molar-refractivity contribution is 9.10. The second kappa shape index (κ2) is 3.58. The molecule has 0 radical (unpaired) electrons. The number of ether oxygens (including phenoxy) is 1. The lowest BCUT2D eigenvalue weighted by atomic mass is 10.1. The minimum absolute atomic E-state index is 0.682. The summed E-state index contributed by atoms with van der Waals surface area (Å²) < 4.78 is 6.27. The molecule has 0 saturated heterocycles. The summed E-state index contributed by atoms with van der Waals surface area (Å²) in [5.41, 5.74) is 0.969. The molecule has 0 N–H and O–H groups in total. The number of halogens is 1. The smallest absolute Gasteiger partial charge is 0.221 e. The maximum atomic E-state index is 5.23. The van der Waals surface area contributed by atoms with Crippen LogP contribution < -0.4 is 4.74 Å². The van der Waals surface area contributed by atoms with E-state index in [1.807, 2.05) is 25.1 Å². The van der Waals surface area contributed by atoms with Crippen molar-refractivity contribution >= 4 is 26.7 Å². The van der Waals surface area contributed by atoms with Gasteiger partial charge < -0.3 is 4.74 Å². The van der Waals surface area contributed by atoms with Gasteiger partial charge in [0, 0.05) is 15.6 Å². The maximum Gasteiger partial charge on any atom is 0.221 e. The predicted molar refractivity (Wildman–Crippen MR) is 60.7 cm³/mol.